The Morgan fingerprint density at radius 1 is 1.21 bits per heavy atom. The molecule has 0 bridgehead atoms. The summed E-state index contributed by atoms with van der Waals surface area (Å²) >= 11 is 0. The number of piperidine rings is 1. The van der Waals surface area contributed by atoms with Crippen LogP contribution in [0.15, 0.2) is 24.3 Å². The van der Waals surface area contributed by atoms with Crippen LogP contribution in [0.25, 0.3) is 0 Å². The van der Waals surface area contributed by atoms with Crippen LogP contribution in [-0.2, 0) is 25.6 Å². The van der Waals surface area contributed by atoms with Gasteiger partial charge in [0.05, 0.1) is 6.04 Å². The standard InChI is InChI=1S/C21H28FN3O4/c1-13(2)19(27)25-18(10-14-5-7-16(22)8-6-14)21(29)24-17(12-26)11-15-4-3-9-23-20(15)28/h5-8,12-13,15,17-18H,3-4,9-11H2,1-2H3,(H,23,28)(H,24,29)(H,25,27)/t15-,17+,18+/m0/s1. The van der Waals surface area contributed by atoms with Gasteiger partial charge in [-0.15, -0.1) is 0 Å². The molecule has 29 heavy (non-hydrogen) atoms. The Morgan fingerprint density at radius 3 is 2.48 bits per heavy atom. The lowest BCUT2D eigenvalue weighted by Crippen LogP contribution is -2.52. The molecule has 3 atom stereocenters. The van der Waals surface area contributed by atoms with Crippen LogP contribution in [-0.4, -0.2) is 42.6 Å². The Bertz CT molecular complexity index is 736. The van der Waals surface area contributed by atoms with Crippen molar-refractivity contribution in [2.45, 2.75) is 51.6 Å². The Labute approximate surface area is 169 Å². The van der Waals surface area contributed by atoms with Gasteiger partial charge in [-0.25, -0.2) is 4.39 Å². The van der Waals surface area contributed by atoms with Gasteiger partial charge in [0.1, 0.15) is 18.1 Å². The van der Waals surface area contributed by atoms with E-state index in [1.807, 2.05) is 0 Å². The monoisotopic (exact) mass is 405 g/mol. The molecule has 0 saturated carbocycles. The highest BCUT2D eigenvalue weighted by Crippen LogP contribution is 2.17. The van der Waals surface area contributed by atoms with Gasteiger partial charge in [0.2, 0.25) is 17.7 Å². The predicted octanol–water partition coefficient (Wildman–Crippen LogP) is 1.11. The zero-order valence-electron chi connectivity index (χ0n) is 16.7. The molecule has 8 heteroatoms. The summed E-state index contributed by atoms with van der Waals surface area (Å²) in [5.74, 6) is -1.99. The second kappa shape index (κ2) is 10.7. The summed E-state index contributed by atoms with van der Waals surface area (Å²) in [6.45, 7) is 4.03. The van der Waals surface area contributed by atoms with Gasteiger partial charge in [0.25, 0.3) is 0 Å². The molecule has 0 spiro atoms. The lowest BCUT2D eigenvalue weighted by Gasteiger charge is -2.26. The van der Waals surface area contributed by atoms with Crippen molar-refractivity contribution in [1.82, 2.24) is 16.0 Å². The number of hydrogen-bond donors (Lipinski definition) is 3. The average molecular weight is 405 g/mol. The smallest absolute Gasteiger partial charge is 0.243 e. The summed E-state index contributed by atoms with van der Waals surface area (Å²) < 4.78 is 13.2. The lowest BCUT2D eigenvalue weighted by atomic mass is 9.92. The van der Waals surface area contributed by atoms with Crippen molar-refractivity contribution in [1.29, 1.82) is 0 Å². The molecule has 2 rings (SSSR count). The van der Waals surface area contributed by atoms with Gasteiger partial charge < -0.3 is 20.7 Å². The van der Waals surface area contributed by atoms with Crippen LogP contribution in [0, 0.1) is 17.7 Å². The van der Waals surface area contributed by atoms with Gasteiger partial charge in [0, 0.05) is 24.8 Å². The minimum Gasteiger partial charge on any atom is -0.356 e. The van der Waals surface area contributed by atoms with E-state index >= 15 is 0 Å². The Morgan fingerprint density at radius 2 is 1.90 bits per heavy atom. The molecule has 158 valence electrons. The van der Waals surface area contributed by atoms with Gasteiger partial charge in [-0.2, -0.15) is 0 Å². The van der Waals surface area contributed by atoms with Gasteiger partial charge in [-0.3, -0.25) is 14.4 Å². The first-order chi connectivity index (χ1) is 13.8. The van der Waals surface area contributed by atoms with Crippen LogP contribution in [0.2, 0.25) is 0 Å². The van der Waals surface area contributed by atoms with Crippen molar-refractivity contribution < 1.29 is 23.6 Å². The van der Waals surface area contributed by atoms with E-state index in [0.29, 0.717) is 24.8 Å². The first kappa shape index (κ1) is 22.5. The minimum absolute atomic E-state index is 0.117. The molecule has 1 aliphatic rings. The van der Waals surface area contributed by atoms with Crippen molar-refractivity contribution in [3.05, 3.63) is 35.6 Å². The second-order valence-electron chi connectivity index (χ2n) is 7.66. The van der Waals surface area contributed by atoms with Crippen molar-refractivity contribution in [3.63, 3.8) is 0 Å². The fourth-order valence-corrected chi connectivity index (χ4v) is 3.20. The molecule has 3 amide bonds. The molecule has 3 N–H and O–H groups in total. The van der Waals surface area contributed by atoms with E-state index in [2.05, 4.69) is 16.0 Å². The van der Waals surface area contributed by atoms with Crippen LogP contribution in [0.1, 0.15) is 38.7 Å². The van der Waals surface area contributed by atoms with E-state index < -0.39 is 23.8 Å². The summed E-state index contributed by atoms with van der Waals surface area (Å²) in [5.41, 5.74) is 0.671. The number of amides is 3. The first-order valence-corrected chi connectivity index (χ1v) is 9.88. The Hall–Kier alpha value is -2.77. The van der Waals surface area contributed by atoms with Crippen molar-refractivity contribution in [2.75, 3.05) is 6.54 Å². The quantitative estimate of drug-likeness (QED) is 0.535. The van der Waals surface area contributed by atoms with Crippen molar-refractivity contribution >= 4 is 24.0 Å². The Kier molecular flexibility index (Phi) is 8.30. The van der Waals surface area contributed by atoms with E-state index in [1.54, 1.807) is 26.0 Å². The molecule has 0 aromatic heterocycles. The topological polar surface area (TPSA) is 104 Å². The summed E-state index contributed by atoms with van der Waals surface area (Å²) in [7, 11) is 0. The van der Waals surface area contributed by atoms with Crippen LogP contribution in [0.4, 0.5) is 4.39 Å². The molecule has 7 nitrogen and oxygen atoms in total. The second-order valence-corrected chi connectivity index (χ2v) is 7.66. The minimum atomic E-state index is -0.919. The molecule has 1 aromatic carbocycles. The molecule has 0 aliphatic carbocycles. The van der Waals surface area contributed by atoms with E-state index in [9.17, 15) is 23.6 Å². The average Bonchev–Trinajstić information content (AvgIpc) is 2.69. The first-order valence-electron chi connectivity index (χ1n) is 9.88. The van der Waals surface area contributed by atoms with Crippen LogP contribution >= 0.6 is 0 Å². The SMILES string of the molecule is CC(C)C(=O)N[C@H](Cc1ccc(F)cc1)C(=O)N[C@@H](C=O)C[C@@H]1CCCNC1=O. The summed E-state index contributed by atoms with van der Waals surface area (Å²) in [6.07, 6.45) is 2.46. The van der Waals surface area contributed by atoms with Gasteiger partial charge in [-0.05, 0) is 37.0 Å². The highest BCUT2D eigenvalue weighted by molar-refractivity contribution is 5.90. The third-order valence-corrected chi connectivity index (χ3v) is 4.94. The van der Waals surface area contributed by atoms with E-state index in [1.165, 1.54) is 12.1 Å². The molecule has 0 unspecified atom stereocenters. The maximum atomic E-state index is 13.2. The number of hydrogen-bond acceptors (Lipinski definition) is 4. The molecule has 1 aliphatic heterocycles. The number of aldehydes is 1. The highest BCUT2D eigenvalue weighted by atomic mass is 19.1. The lowest BCUT2D eigenvalue weighted by molar-refractivity contribution is -0.132. The third kappa shape index (κ3) is 6.96. The maximum absolute atomic E-state index is 13.2. The zero-order valence-corrected chi connectivity index (χ0v) is 16.7. The maximum Gasteiger partial charge on any atom is 0.243 e. The molecule has 1 fully saturated rings. The van der Waals surface area contributed by atoms with Crippen LogP contribution < -0.4 is 16.0 Å². The molecule has 1 aromatic rings. The molecule has 1 saturated heterocycles. The van der Waals surface area contributed by atoms with E-state index in [-0.39, 0.29) is 36.5 Å². The van der Waals surface area contributed by atoms with Crippen molar-refractivity contribution in [3.8, 4) is 0 Å². The molecule has 1 heterocycles. The molecular weight excluding hydrogens is 377 g/mol. The third-order valence-electron chi connectivity index (χ3n) is 4.94. The number of nitrogens with one attached hydrogen (secondary N) is 3. The number of benzene rings is 1. The number of rotatable bonds is 9. The van der Waals surface area contributed by atoms with Gasteiger partial charge in [-0.1, -0.05) is 26.0 Å². The summed E-state index contributed by atoms with van der Waals surface area (Å²) in [4.78, 5) is 48.4. The fourth-order valence-electron chi connectivity index (χ4n) is 3.20. The van der Waals surface area contributed by atoms with Crippen molar-refractivity contribution in [2.24, 2.45) is 11.8 Å². The largest absolute Gasteiger partial charge is 0.356 e. The molecule has 0 radical (unpaired) electrons. The number of carbonyl (C=O) groups excluding carboxylic acids is 4. The number of halogens is 1. The van der Waals surface area contributed by atoms with E-state index in [0.717, 1.165) is 6.42 Å². The normalized spacial score (nSPS) is 18.5. The molecular formula is C21H28FN3O4. The van der Waals surface area contributed by atoms with E-state index in [4.69, 9.17) is 0 Å². The zero-order chi connectivity index (χ0) is 21.4. The van der Waals surface area contributed by atoms with Gasteiger partial charge in [0.15, 0.2) is 0 Å². The summed E-state index contributed by atoms with van der Waals surface area (Å²) in [5, 5.41) is 8.07. The highest BCUT2D eigenvalue weighted by Gasteiger charge is 2.29. The summed E-state index contributed by atoms with van der Waals surface area (Å²) in [6, 6.07) is 3.90. The predicted molar refractivity (Wildman–Crippen MR) is 105 cm³/mol. The Balaban J connectivity index is 2.07. The van der Waals surface area contributed by atoms with Gasteiger partial charge >= 0.3 is 0 Å². The van der Waals surface area contributed by atoms with Crippen LogP contribution in [0.3, 0.4) is 0 Å². The fraction of sp³-hybridized carbons (Fsp3) is 0.524. The number of carbonyl (C=O) groups is 4. The van der Waals surface area contributed by atoms with Crippen LogP contribution in [0.5, 0.6) is 0 Å².